The molecule has 0 bridgehead atoms. The van der Waals surface area contributed by atoms with E-state index in [4.69, 9.17) is 4.99 Å². The standard InChI is InChI=1S/C35H28N2OSi/c38-35-33(26-36-25-28-15-12-13-23-37-28)32-22-11-10-14-27(32)24-34(35)39(29-16-4-1-5-17-29,30-18-6-2-7-19-30)31-20-8-3-9-21-31/h1-24,26,38H,25H2. The van der Waals surface area contributed by atoms with Crippen LogP contribution in [-0.2, 0) is 6.54 Å². The van der Waals surface area contributed by atoms with Crippen LogP contribution in [0.5, 0.6) is 5.75 Å². The van der Waals surface area contributed by atoms with Crippen molar-refractivity contribution in [2.24, 2.45) is 4.99 Å². The highest BCUT2D eigenvalue weighted by atomic mass is 28.3. The predicted molar refractivity (Wildman–Crippen MR) is 165 cm³/mol. The van der Waals surface area contributed by atoms with Gasteiger partial charge in [-0.05, 0) is 43.7 Å². The quantitative estimate of drug-likeness (QED) is 0.184. The lowest BCUT2D eigenvalue weighted by molar-refractivity contribution is 0.479. The van der Waals surface area contributed by atoms with Crippen LogP contribution in [0.2, 0.25) is 0 Å². The van der Waals surface area contributed by atoms with Crippen LogP contribution in [0.1, 0.15) is 11.3 Å². The van der Waals surface area contributed by atoms with Crippen molar-refractivity contribution in [1.29, 1.82) is 0 Å². The summed E-state index contributed by atoms with van der Waals surface area (Å²) < 4.78 is 0. The Bertz CT molecular complexity index is 1620. The lowest BCUT2D eigenvalue weighted by Crippen LogP contribution is -2.74. The molecular weight excluding hydrogens is 492 g/mol. The van der Waals surface area contributed by atoms with E-state index in [9.17, 15) is 5.11 Å². The molecule has 0 fully saturated rings. The number of rotatable bonds is 7. The van der Waals surface area contributed by atoms with Crippen molar-refractivity contribution < 1.29 is 5.11 Å². The number of benzene rings is 5. The number of phenolic OH excluding ortho intramolecular Hbond substituents is 1. The molecular formula is C35H28N2OSi. The third-order valence-corrected chi connectivity index (χ3v) is 12.1. The van der Waals surface area contributed by atoms with Gasteiger partial charge in [0.05, 0.1) is 12.2 Å². The van der Waals surface area contributed by atoms with Gasteiger partial charge in [0.2, 0.25) is 0 Å². The lowest BCUT2D eigenvalue weighted by atomic mass is 10.0. The van der Waals surface area contributed by atoms with Crippen molar-refractivity contribution in [3.05, 3.63) is 157 Å². The summed E-state index contributed by atoms with van der Waals surface area (Å²) in [4.78, 5) is 9.13. The van der Waals surface area contributed by atoms with Crippen LogP contribution in [-0.4, -0.2) is 24.4 Å². The minimum absolute atomic E-state index is 0.279. The van der Waals surface area contributed by atoms with E-state index < -0.39 is 8.07 Å². The fourth-order valence-corrected chi connectivity index (χ4v) is 10.4. The first-order valence-electron chi connectivity index (χ1n) is 13.1. The van der Waals surface area contributed by atoms with Gasteiger partial charge in [0.15, 0.2) is 8.07 Å². The summed E-state index contributed by atoms with van der Waals surface area (Å²) in [5.74, 6) is 0.279. The number of phenols is 1. The number of aromatic nitrogens is 1. The molecule has 0 aliphatic rings. The molecule has 6 aromatic rings. The zero-order valence-electron chi connectivity index (χ0n) is 21.5. The summed E-state index contributed by atoms with van der Waals surface area (Å²) in [6.45, 7) is 0.442. The van der Waals surface area contributed by atoms with Crippen LogP contribution >= 0.6 is 0 Å². The Hall–Kier alpha value is -4.80. The zero-order valence-corrected chi connectivity index (χ0v) is 22.5. The molecule has 0 aliphatic carbocycles. The summed E-state index contributed by atoms with van der Waals surface area (Å²) in [7, 11) is -2.92. The first-order chi connectivity index (χ1) is 19.3. The average molecular weight is 521 g/mol. The maximum atomic E-state index is 12.2. The van der Waals surface area contributed by atoms with Gasteiger partial charge in [-0.1, -0.05) is 127 Å². The Morgan fingerprint density at radius 3 is 1.74 bits per heavy atom. The molecule has 39 heavy (non-hydrogen) atoms. The Balaban J connectivity index is 1.67. The van der Waals surface area contributed by atoms with Crippen molar-refractivity contribution in [3.8, 4) is 5.75 Å². The molecule has 0 aliphatic heterocycles. The van der Waals surface area contributed by atoms with Crippen LogP contribution in [0.25, 0.3) is 10.8 Å². The van der Waals surface area contributed by atoms with Gasteiger partial charge in [-0.25, -0.2) is 0 Å². The summed E-state index contributed by atoms with van der Waals surface area (Å²) in [6.07, 6.45) is 3.59. The van der Waals surface area contributed by atoms with Gasteiger partial charge in [0.1, 0.15) is 5.75 Å². The Morgan fingerprint density at radius 2 is 1.18 bits per heavy atom. The minimum Gasteiger partial charge on any atom is -0.507 e. The fourth-order valence-electron chi connectivity index (χ4n) is 5.53. The average Bonchev–Trinajstić information content (AvgIpc) is 3.01. The van der Waals surface area contributed by atoms with E-state index in [1.54, 1.807) is 6.20 Å². The Labute approximate surface area is 229 Å². The summed E-state index contributed by atoms with van der Waals surface area (Å²) >= 11 is 0. The number of fused-ring (bicyclic) bond motifs is 1. The molecule has 0 atom stereocenters. The Morgan fingerprint density at radius 1 is 0.641 bits per heavy atom. The molecule has 0 saturated carbocycles. The molecule has 0 unspecified atom stereocenters. The monoisotopic (exact) mass is 520 g/mol. The van der Waals surface area contributed by atoms with Crippen LogP contribution in [0.4, 0.5) is 0 Å². The van der Waals surface area contributed by atoms with E-state index in [0.717, 1.165) is 27.2 Å². The molecule has 6 rings (SSSR count). The summed E-state index contributed by atoms with van der Waals surface area (Å²) in [5, 5.41) is 18.9. The largest absolute Gasteiger partial charge is 0.507 e. The second-order valence-corrected chi connectivity index (χ2v) is 13.3. The molecule has 188 valence electrons. The molecule has 1 N–H and O–H groups in total. The maximum absolute atomic E-state index is 12.2. The molecule has 3 nitrogen and oxygen atoms in total. The van der Waals surface area contributed by atoms with Crippen LogP contribution in [0, 0.1) is 0 Å². The number of nitrogens with zero attached hydrogens (tertiary/aromatic N) is 2. The number of hydrogen-bond acceptors (Lipinski definition) is 3. The number of aromatic hydroxyl groups is 1. The van der Waals surface area contributed by atoms with E-state index >= 15 is 0 Å². The molecule has 1 heterocycles. The van der Waals surface area contributed by atoms with Gasteiger partial charge >= 0.3 is 0 Å². The second kappa shape index (κ2) is 10.9. The van der Waals surface area contributed by atoms with Gasteiger partial charge in [-0.15, -0.1) is 0 Å². The normalized spacial score (nSPS) is 11.7. The van der Waals surface area contributed by atoms with E-state index in [2.05, 4.69) is 120 Å². The van der Waals surface area contributed by atoms with E-state index in [-0.39, 0.29) is 5.75 Å². The van der Waals surface area contributed by atoms with Crippen molar-refractivity contribution in [1.82, 2.24) is 4.98 Å². The van der Waals surface area contributed by atoms with Gasteiger partial charge < -0.3 is 5.11 Å². The third-order valence-electron chi connectivity index (χ3n) is 7.29. The van der Waals surface area contributed by atoms with Gasteiger partial charge in [-0.2, -0.15) is 0 Å². The first kappa shape index (κ1) is 24.5. The SMILES string of the molecule is Oc1c([Si](c2ccccc2)(c2ccccc2)c2ccccc2)cc2ccccc2c1C=NCc1ccccn1. The molecule has 0 spiro atoms. The predicted octanol–water partition coefficient (Wildman–Crippen LogP) is 4.94. The molecule has 0 amide bonds. The van der Waals surface area contributed by atoms with Crippen molar-refractivity contribution in [2.75, 3.05) is 0 Å². The molecule has 4 heteroatoms. The number of pyridine rings is 1. The summed E-state index contributed by atoms with van der Waals surface area (Å²) in [5.41, 5.74) is 1.62. The van der Waals surface area contributed by atoms with Gasteiger partial charge in [0, 0.05) is 18.0 Å². The van der Waals surface area contributed by atoms with Crippen molar-refractivity contribution in [2.45, 2.75) is 6.54 Å². The van der Waals surface area contributed by atoms with Crippen molar-refractivity contribution >= 4 is 45.8 Å². The van der Waals surface area contributed by atoms with Crippen molar-refractivity contribution in [3.63, 3.8) is 0 Å². The molecule has 0 radical (unpaired) electrons. The van der Waals surface area contributed by atoms with Crippen LogP contribution < -0.4 is 20.7 Å². The van der Waals surface area contributed by atoms with E-state index in [0.29, 0.717) is 6.54 Å². The first-order valence-corrected chi connectivity index (χ1v) is 15.1. The second-order valence-electron chi connectivity index (χ2n) is 9.55. The molecule has 1 aromatic heterocycles. The molecule has 5 aromatic carbocycles. The molecule has 0 saturated heterocycles. The highest BCUT2D eigenvalue weighted by Gasteiger charge is 2.43. The van der Waals surface area contributed by atoms with Crippen LogP contribution in [0.15, 0.2) is 151 Å². The number of hydrogen-bond donors (Lipinski definition) is 1. The van der Waals surface area contributed by atoms with Crippen LogP contribution in [0.3, 0.4) is 0 Å². The minimum atomic E-state index is -2.92. The highest BCUT2D eigenvalue weighted by molar-refractivity contribution is 7.20. The number of aliphatic imine (C=N–C) groups is 1. The van der Waals surface area contributed by atoms with E-state index in [1.807, 2.05) is 30.5 Å². The smallest absolute Gasteiger partial charge is 0.184 e. The topological polar surface area (TPSA) is 45.5 Å². The zero-order chi connectivity index (χ0) is 26.5. The van der Waals surface area contributed by atoms with Gasteiger partial charge in [0.25, 0.3) is 0 Å². The van der Waals surface area contributed by atoms with E-state index in [1.165, 1.54) is 15.6 Å². The van der Waals surface area contributed by atoms with Gasteiger partial charge in [-0.3, -0.25) is 9.98 Å². The summed E-state index contributed by atoms with van der Waals surface area (Å²) in [6, 6.07) is 48.2. The fraction of sp³-hybridized carbons (Fsp3) is 0.0286. The maximum Gasteiger partial charge on any atom is 0.184 e. The lowest BCUT2D eigenvalue weighted by Gasteiger charge is -2.35. The highest BCUT2D eigenvalue weighted by Crippen LogP contribution is 2.27. The Kier molecular flexibility index (Phi) is 6.85. The third kappa shape index (κ3) is 4.56.